The third-order valence-corrected chi connectivity index (χ3v) is 2.61. The summed E-state index contributed by atoms with van der Waals surface area (Å²) in [4.78, 5) is 18.1. The topological polar surface area (TPSA) is 58.9 Å². The maximum Gasteiger partial charge on any atom is 0.185 e. The first kappa shape index (κ1) is 9.84. The van der Waals surface area contributed by atoms with E-state index in [2.05, 4.69) is 9.97 Å². The second kappa shape index (κ2) is 3.59. The molecule has 0 aliphatic rings. The van der Waals surface area contributed by atoms with Crippen molar-refractivity contribution in [3.63, 3.8) is 0 Å². The van der Waals surface area contributed by atoms with E-state index in [-0.39, 0.29) is 0 Å². The second-order valence-electron chi connectivity index (χ2n) is 3.93. The Labute approximate surface area is 97.3 Å². The molecule has 0 atom stereocenters. The maximum atomic E-state index is 10.5. The first-order valence-electron chi connectivity index (χ1n) is 5.28. The highest BCUT2D eigenvalue weighted by Crippen LogP contribution is 2.22. The molecule has 0 amide bonds. The van der Waals surface area contributed by atoms with Crippen molar-refractivity contribution >= 4 is 17.3 Å². The molecule has 0 unspecified atom stereocenters. The number of benzene rings is 1. The molecule has 0 aliphatic carbocycles. The Morgan fingerprint density at radius 3 is 2.94 bits per heavy atom. The van der Waals surface area contributed by atoms with Crippen molar-refractivity contribution in [1.82, 2.24) is 9.97 Å². The summed E-state index contributed by atoms with van der Waals surface area (Å²) in [6.07, 6.45) is 0.677. The van der Waals surface area contributed by atoms with Gasteiger partial charge in [0.2, 0.25) is 0 Å². The molecule has 84 valence electrons. The Hall–Kier alpha value is -2.36. The number of furan rings is 1. The van der Waals surface area contributed by atoms with Gasteiger partial charge >= 0.3 is 0 Å². The van der Waals surface area contributed by atoms with Crippen molar-refractivity contribution < 1.29 is 9.21 Å². The van der Waals surface area contributed by atoms with Crippen molar-refractivity contribution in [1.29, 1.82) is 0 Å². The molecule has 2 aromatic heterocycles. The zero-order valence-electron chi connectivity index (χ0n) is 9.23. The van der Waals surface area contributed by atoms with Gasteiger partial charge in [-0.05, 0) is 36.8 Å². The highest BCUT2D eigenvalue weighted by Gasteiger charge is 2.09. The number of fused-ring (bicyclic) bond motifs is 1. The van der Waals surface area contributed by atoms with E-state index in [0.717, 1.165) is 11.0 Å². The second-order valence-corrected chi connectivity index (χ2v) is 3.93. The summed E-state index contributed by atoms with van der Waals surface area (Å²) in [5.41, 5.74) is 3.01. The first-order chi connectivity index (χ1) is 8.26. The van der Waals surface area contributed by atoms with Gasteiger partial charge in [-0.3, -0.25) is 4.79 Å². The zero-order chi connectivity index (χ0) is 11.8. The number of nitrogens with one attached hydrogen (secondary N) is 1. The minimum Gasteiger partial charge on any atom is -0.450 e. The molecule has 0 radical (unpaired) electrons. The molecule has 0 saturated carbocycles. The third kappa shape index (κ3) is 1.63. The molecular formula is C13H10N2O2. The molecule has 1 N–H and O–H groups in total. The standard InChI is InChI=1S/C13H10N2O2/c1-8-2-4-10-11(6-8)15-13(14-10)12-5-3-9(7-16)17-12/h2-7H,1H3,(H,14,15). The van der Waals surface area contributed by atoms with Gasteiger partial charge in [0.1, 0.15) is 0 Å². The number of aromatic amines is 1. The van der Waals surface area contributed by atoms with Crippen LogP contribution in [0.3, 0.4) is 0 Å². The Morgan fingerprint density at radius 2 is 2.18 bits per heavy atom. The summed E-state index contributed by atoms with van der Waals surface area (Å²) in [7, 11) is 0. The monoisotopic (exact) mass is 226 g/mol. The highest BCUT2D eigenvalue weighted by atomic mass is 16.3. The van der Waals surface area contributed by atoms with Crippen LogP contribution in [0.2, 0.25) is 0 Å². The Bertz CT molecular complexity index is 694. The summed E-state index contributed by atoms with van der Waals surface area (Å²) in [6, 6.07) is 9.34. The van der Waals surface area contributed by atoms with Crippen LogP contribution >= 0.6 is 0 Å². The van der Waals surface area contributed by atoms with Crippen LogP contribution in [0.4, 0.5) is 0 Å². The van der Waals surface area contributed by atoms with E-state index in [1.54, 1.807) is 12.1 Å². The molecule has 4 heteroatoms. The molecule has 0 bridgehead atoms. The van der Waals surface area contributed by atoms with E-state index in [0.29, 0.717) is 23.6 Å². The summed E-state index contributed by atoms with van der Waals surface area (Å²) >= 11 is 0. The smallest absolute Gasteiger partial charge is 0.185 e. The third-order valence-electron chi connectivity index (χ3n) is 2.61. The van der Waals surface area contributed by atoms with Gasteiger partial charge in [-0.1, -0.05) is 6.07 Å². The van der Waals surface area contributed by atoms with Gasteiger partial charge in [-0.25, -0.2) is 4.98 Å². The van der Waals surface area contributed by atoms with Crippen LogP contribution < -0.4 is 0 Å². The van der Waals surface area contributed by atoms with Gasteiger partial charge in [-0.2, -0.15) is 0 Å². The number of nitrogens with zero attached hydrogens (tertiary/aromatic N) is 1. The molecule has 17 heavy (non-hydrogen) atoms. The van der Waals surface area contributed by atoms with E-state index in [4.69, 9.17) is 4.42 Å². The average Bonchev–Trinajstić information content (AvgIpc) is 2.93. The molecule has 0 spiro atoms. The molecule has 0 fully saturated rings. The lowest BCUT2D eigenvalue weighted by Crippen LogP contribution is -1.75. The lowest BCUT2D eigenvalue weighted by molar-refractivity contribution is 0.110. The maximum absolute atomic E-state index is 10.5. The van der Waals surface area contributed by atoms with Crippen LogP contribution in [0.15, 0.2) is 34.7 Å². The molecular weight excluding hydrogens is 216 g/mol. The lowest BCUT2D eigenvalue weighted by Gasteiger charge is -1.89. The molecule has 1 aromatic carbocycles. The number of aldehydes is 1. The van der Waals surface area contributed by atoms with E-state index >= 15 is 0 Å². The van der Waals surface area contributed by atoms with Gasteiger partial charge in [0.05, 0.1) is 11.0 Å². The number of aryl methyl sites for hydroxylation is 1. The quantitative estimate of drug-likeness (QED) is 0.683. The Kier molecular flexibility index (Phi) is 2.08. The zero-order valence-corrected chi connectivity index (χ0v) is 9.23. The van der Waals surface area contributed by atoms with Gasteiger partial charge in [0.25, 0.3) is 0 Å². The van der Waals surface area contributed by atoms with Crippen molar-refractivity contribution in [2.24, 2.45) is 0 Å². The van der Waals surface area contributed by atoms with Crippen LogP contribution in [0.5, 0.6) is 0 Å². The van der Waals surface area contributed by atoms with E-state index in [1.165, 1.54) is 5.56 Å². The SMILES string of the molecule is Cc1ccc2nc(-c3ccc(C=O)o3)[nH]c2c1. The Balaban J connectivity index is 2.14. The van der Waals surface area contributed by atoms with E-state index in [1.807, 2.05) is 25.1 Å². The highest BCUT2D eigenvalue weighted by molar-refractivity contribution is 5.79. The normalized spacial score (nSPS) is 10.9. The number of carbonyl (C=O) groups excluding carboxylic acids is 1. The number of imidazole rings is 1. The van der Waals surface area contributed by atoms with Crippen LogP contribution in [0.1, 0.15) is 16.1 Å². The summed E-state index contributed by atoms with van der Waals surface area (Å²) in [5, 5.41) is 0. The number of hydrogen-bond donors (Lipinski definition) is 1. The summed E-state index contributed by atoms with van der Waals surface area (Å²) in [5.74, 6) is 1.51. The van der Waals surface area contributed by atoms with Crippen LogP contribution in [0.25, 0.3) is 22.6 Å². The van der Waals surface area contributed by atoms with Crippen LogP contribution in [0, 0.1) is 6.92 Å². The van der Waals surface area contributed by atoms with Crippen molar-refractivity contribution in [3.8, 4) is 11.6 Å². The number of rotatable bonds is 2. The van der Waals surface area contributed by atoms with Gasteiger partial charge < -0.3 is 9.40 Å². The Morgan fingerprint density at radius 1 is 1.29 bits per heavy atom. The predicted molar refractivity (Wildman–Crippen MR) is 63.9 cm³/mol. The van der Waals surface area contributed by atoms with Crippen LogP contribution in [-0.4, -0.2) is 16.3 Å². The van der Waals surface area contributed by atoms with E-state index < -0.39 is 0 Å². The fraction of sp³-hybridized carbons (Fsp3) is 0.0769. The minimum absolute atomic E-state index is 0.302. The molecule has 0 aliphatic heterocycles. The van der Waals surface area contributed by atoms with Crippen molar-refractivity contribution in [2.45, 2.75) is 6.92 Å². The number of aromatic nitrogens is 2. The fourth-order valence-corrected chi connectivity index (χ4v) is 1.78. The predicted octanol–water partition coefficient (Wildman–Crippen LogP) is 2.94. The van der Waals surface area contributed by atoms with Gasteiger partial charge in [0.15, 0.2) is 23.6 Å². The van der Waals surface area contributed by atoms with Crippen LogP contribution in [-0.2, 0) is 0 Å². The largest absolute Gasteiger partial charge is 0.450 e. The number of H-pyrrole nitrogens is 1. The summed E-state index contributed by atoms with van der Waals surface area (Å²) in [6.45, 7) is 2.03. The average molecular weight is 226 g/mol. The number of carbonyl (C=O) groups is 1. The molecule has 2 heterocycles. The van der Waals surface area contributed by atoms with Gasteiger partial charge in [0, 0.05) is 0 Å². The molecule has 3 aromatic rings. The fourth-order valence-electron chi connectivity index (χ4n) is 1.78. The van der Waals surface area contributed by atoms with Crippen molar-refractivity contribution in [3.05, 3.63) is 41.7 Å². The molecule has 0 saturated heterocycles. The molecule has 4 nitrogen and oxygen atoms in total. The summed E-state index contributed by atoms with van der Waals surface area (Å²) < 4.78 is 5.32. The lowest BCUT2D eigenvalue weighted by atomic mass is 10.2. The molecule has 3 rings (SSSR count). The van der Waals surface area contributed by atoms with Crippen molar-refractivity contribution in [2.75, 3.05) is 0 Å². The number of hydrogen-bond acceptors (Lipinski definition) is 3. The van der Waals surface area contributed by atoms with E-state index in [9.17, 15) is 4.79 Å². The minimum atomic E-state index is 0.302. The first-order valence-corrected chi connectivity index (χ1v) is 5.28. The van der Waals surface area contributed by atoms with Gasteiger partial charge in [-0.15, -0.1) is 0 Å².